The van der Waals surface area contributed by atoms with Crippen LogP contribution in [0.5, 0.6) is 0 Å². The molecule has 0 bridgehead atoms. The zero-order valence-electron chi connectivity index (χ0n) is 14.5. The van der Waals surface area contributed by atoms with Crippen LogP contribution in [0.2, 0.25) is 0 Å². The Morgan fingerprint density at radius 2 is 1.56 bits per heavy atom. The smallest absolute Gasteiger partial charge is 0.308 e. The average Bonchev–Trinajstić information content (AvgIpc) is 3.29. The number of carbonyl (C=O) groups is 2. The summed E-state index contributed by atoms with van der Waals surface area (Å²) in [6.45, 7) is 0.430. The average molecular weight is 371 g/mol. The van der Waals surface area contributed by atoms with Gasteiger partial charge in [-0.1, -0.05) is 36.4 Å². The number of carboxylic acids is 1. The van der Waals surface area contributed by atoms with Gasteiger partial charge < -0.3 is 10.0 Å². The van der Waals surface area contributed by atoms with Gasteiger partial charge in [0.1, 0.15) is 11.6 Å². The van der Waals surface area contributed by atoms with E-state index < -0.39 is 35.4 Å². The highest BCUT2D eigenvalue weighted by molar-refractivity contribution is 5.85. The minimum atomic E-state index is -0.938. The lowest BCUT2D eigenvalue weighted by molar-refractivity contribution is -0.142. The van der Waals surface area contributed by atoms with E-state index in [4.69, 9.17) is 0 Å². The van der Waals surface area contributed by atoms with Gasteiger partial charge in [-0.25, -0.2) is 8.78 Å². The number of hydrogen-bond donors (Lipinski definition) is 1. The number of halogens is 2. The van der Waals surface area contributed by atoms with Crippen LogP contribution in [0, 0.1) is 23.5 Å². The molecule has 4 atom stereocenters. The first kappa shape index (κ1) is 17.6. The molecule has 1 aliphatic carbocycles. The van der Waals surface area contributed by atoms with Crippen LogP contribution in [0.4, 0.5) is 8.78 Å². The molecule has 1 saturated heterocycles. The Kier molecular flexibility index (Phi) is 4.42. The molecule has 0 radical (unpaired) electrons. The first-order chi connectivity index (χ1) is 13.0. The molecule has 4 rings (SSSR count). The summed E-state index contributed by atoms with van der Waals surface area (Å²) in [5.74, 6) is -4.35. The normalized spacial score (nSPS) is 26.8. The molecule has 0 aromatic heterocycles. The van der Waals surface area contributed by atoms with Gasteiger partial charge in [0, 0.05) is 36.4 Å². The summed E-state index contributed by atoms with van der Waals surface area (Å²) in [5.41, 5.74) is 0.845. The van der Waals surface area contributed by atoms with E-state index in [-0.39, 0.29) is 23.9 Å². The van der Waals surface area contributed by atoms with Crippen LogP contribution >= 0.6 is 0 Å². The molecule has 4 nitrogen and oxygen atoms in total. The Morgan fingerprint density at radius 1 is 0.889 bits per heavy atom. The van der Waals surface area contributed by atoms with E-state index in [2.05, 4.69) is 0 Å². The third-order valence-electron chi connectivity index (χ3n) is 5.65. The van der Waals surface area contributed by atoms with E-state index in [0.717, 1.165) is 5.56 Å². The van der Waals surface area contributed by atoms with Crippen molar-refractivity contribution < 1.29 is 23.5 Å². The van der Waals surface area contributed by atoms with E-state index >= 15 is 0 Å². The first-order valence-electron chi connectivity index (χ1n) is 8.97. The number of hydrogen-bond acceptors (Lipinski definition) is 2. The third-order valence-corrected chi connectivity index (χ3v) is 5.65. The summed E-state index contributed by atoms with van der Waals surface area (Å²) in [4.78, 5) is 26.1. The fourth-order valence-corrected chi connectivity index (χ4v) is 4.16. The van der Waals surface area contributed by atoms with Crippen molar-refractivity contribution >= 4 is 11.9 Å². The maximum absolute atomic E-state index is 14.0. The molecule has 2 aromatic rings. The van der Waals surface area contributed by atoms with E-state index in [1.807, 2.05) is 30.3 Å². The van der Waals surface area contributed by atoms with Gasteiger partial charge in [0.05, 0.1) is 5.92 Å². The zero-order valence-corrected chi connectivity index (χ0v) is 14.5. The molecular weight excluding hydrogens is 352 g/mol. The molecule has 1 amide bonds. The van der Waals surface area contributed by atoms with Crippen molar-refractivity contribution in [2.24, 2.45) is 11.8 Å². The van der Waals surface area contributed by atoms with Crippen molar-refractivity contribution in [3.05, 3.63) is 71.3 Å². The Labute approximate surface area is 155 Å². The lowest BCUT2D eigenvalue weighted by Gasteiger charge is -2.17. The van der Waals surface area contributed by atoms with Crippen LogP contribution in [0.3, 0.4) is 0 Å². The Hall–Kier alpha value is -2.76. The van der Waals surface area contributed by atoms with Gasteiger partial charge in [0.15, 0.2) is 0 Å². The molecule has 2 aromatic carbocycles. The third kappa shape index (κ3) is 3.20. The van der Waals surface area contributed by atoms with Gasteiger partial charge in [-0.15, -0.1) is 0 Å². The van der Waals surface area contributed by atoms with Crippen molar-refractivity contribution in [1.29, 1.82) is 0 Å². The lowest BCUT2D eigenvalue weighted by Crippen LogP contribution is -2.31. The molecule has 2 fully saturated rings. The van der Waals surface area contributed by atoms with E-state index in [0.29, 0.717) is 13.0 Å². The monoisotopic (exact) mass is 371 g/mol. The summed E-state index contributed by atoms with van der Waals surface area (Å²) in [5, 5.41) is 9.56. The van der Waals surface area contributed by atoms with Crippen LogP contribution < -0.4 is 0 Å². The lowest BCUT2D eigenvalue weighted by atomic mass is 9.89. The van der Waals surface area contributed by atoms with Crippen molar-refractivity contribution in [3.63, 3.8) is 0 Å². The molecular formula is C21H19F2NO3. The van der Waals surface area contributed by atoms with Crippen molar-refractivity contribution in [1.82, 2.24) is 4.90 Å². The summed E-state index contributed by atoms with van der Waals surface area (Å²) in [7, 11) is 0. The SMILES string of the molecule is O=C(O)[C@@H]1CN(C(=O)C2CC2c2c(F)cccc2F)C[C@@H]1c1ccccc1. The number of carboxylic acid groups (broad SMARTS) is 1. The van der Waals surface area contributed by atoms with Gasteiger partial charge in [0.2, 0.25) is 5.91 Å². The Morgan fingerprint density at radius 3 is 2.19 bits per heavy atom. The van der Waals surface area contributed by atoms with Gasteiger partial charge in [-0.3, -0.25) is 9.59 Å². The fraction of sp³-hybridized carbons (Fsp3) is 0.333. The highest BCUT2D eigenvalue weighted by atomic mass is 19.1. The minimum Gasteiger partial charge on any atom is -0.481 e. The highest BCUT2D eigenvalue weighted by Crippen LogP contribution is 2.51. The number of benzene rings is 2. The largest absolute Gasteiger partial charge is 0.481 e. The maximum Gasteiger partial charge on any atom is 0.308 e. The van der Waals surface area contributed by atoms with Crippen molar-refractivity contribution in [2.45, 2.75) is 18.3 Å². The predicted octanol–water partition coefficient (Wildman–Crippen LogP) is 3.40. The summed E-state index contributed by atoms with van der Waals surface area (Å²) in [6, 6.07) is 13.0. The minimum absolute atomic E-state index is 0.0376. The second-order valence-electron chi connectivity index (χ2n) is 7.29. The highest BCUT2D eigenvalue weighted by Gasteiger charge is 2.51. The molecule has 1 N–H and O–H groups in total. The van der Waals surface area contributed by atoms with Crippen LogP contribution in [0.15, 0.2) is 48.5 Å². The second-order valence-corrected chi connectivity index (χ2v) is 7.29. The number of likely N-dealkylation sites (tertiary alicyclic amines) is 1. The first-order valence-corrected chi connectivity index (χ1v) is 8.97. The predicted molar refractivity (Wildman–Crippen MR) is 94.1 cm³/mol. The molecule has 1 saturated carbocycles. The van der Waals surface area contributed by atoms with E-state index in [1.54, 1.807) is 4.90 Å². The quantitative estimate of drug-likeness (QED) is 0.896. The molecule has 2 aliphatic rings. The Balaban J connectivity index is 1.51. The standard InChI is InChI=1S/C21H19F2NO3/c22-17-7-4-8-18(23)19(17)13-9-14(13)20(25)24-10-15(16(11-24)21(26)27)12-5-2-1-3-6-12/h1-8,13-16H,9-11H2,(H,26,27)/t13?,14?,15-,16-/m1/s1. The van der Waals surface area contributed by atoms with Crippen molar-refractivity contribution in [2.75, 3.05) is 13.1 Å². The van der Waals surface area contributed by atoms with Crippen LogP contribution in [0.1, 0.15) is 29.4 Å². The number of amides is 1. The molecule has 6 heteroatoms. The Bertz CT molecular complexity index is 866. The molecule has 27 heavy (non-hydrogen) atoms. The zero-order chi connectivity index (χ0) is 19.1. The van der Waals surface area contributed by atoms with Crippen molar-refractivity contribution in [3.8, 4) is 0 Å². The number of aliphatic carboxylic acids is 1. The van der Waals surface area contributed by atoms with Crippen LogP contribution in [-0.2, 0) is 9.59 Å². The molecule has 2 unspecified atom stereocenters. The summed E-state index contributed by atoms with van der Waals surface area (Å²) < 4.78 is 27.9. The number of rotatable bonds is 4. The summed E-state index contributed by atoms with van der Waals surface area (Å²) in [6.07, 6.45) is 0.390. The van der Waals surface area contributed by atoms with E-state index in [9.17, 15) is 23.5 Å². The van der Waals surface area contributed by atoms with Crippen LogP contribution in [-0.4, -0.2) is 35.0 Å². The number of carbonyl (C=O) groups excluding carboxylic acids is 1. The topological polar surface area (TPSA) is 57.6 Å². The van der Waals surface area contributed by atoms with Gasteiger partial charge in [-0.05, 0) is 24.1 Å². The molecule has 1 aliphatic heterocycles. The second kappa shape index (κ2) is 6.76. The fourth-order valence-electron chi connectivity index (χ4n) is 4.16. The summed E-state index contributed by atoms with van der Waals surface area (Å²) >= 11 is 0. The van der Waals surface area contributed by atoms with Gasteiger partial charge >= 0.3 is 5.97 Å². The molecule has 0 spiro atoms. The van der Waals surface area contributed by atoms with Gasteiger partial charge in [0.25, 0.3) is 0 Å². The van der Waals surface area contributed by atoms with Gasteiger partial charge in [-0.2, -0.15) is 0 Å². The van der Waals surface area contributed by atoms with E-state index in [1.165, 1.54) is 18.2 Å². The van der Waals surface area contributed by atoms with Crippen LogP contribution in [0.25, 0.3) is 0 Å². The maximum atomic E-state index is 14.0. The molecule has 1 heterocycles. The number of nitrogens with zero attached hydrogens (tertiary/aromatic N) is 1. The molecule has 140 valence electrons.